The predicted octanol–water partition coefficient (Wildman–Crippen LogP) is 5.84. The molecule has 0 amide bonds. The largest absolute Gasteiger partial charge is 0.494 e. The number of rotatable bonds is 9. The molecule has 0 bridgehead atoms. The first-order valence-corrected chi connectivity index (χ1v) is 11.4. The van der Waals surface area contributed by atoms with Crippen LogP contribution >= 0.6 is 12.4 Å². The van der Waals surface area contributed by atoms with E-state index in [1.54, 1.807) is 6.92 Å². The SMILES string of the molecule is CCOC(=O)c1cc2cc(OCCCC3CCN(Cc4ccccc4)CC3)ccc2[nH]1.Cl. The summed E-state index contributed by atoms with van der Waals surface area (Å²) in [5.41, 5.74) is 2.80. The second-order valence-electron chi connectivity index (χ2n) is 8.35. The molecule has 0 spiro atoms. The van der Waals surface area contributed by atoms with E-state index in [0.717, 1.165) is 42.1 Å². The molecule has 0 unspecified atom stereocenters. The molecule has 2 heterocycles. The standard InChI is InChI=1S/C26H32N2O3.ClH/c1-2-30-26(29)25-18-22-17-23(10-11-24(22)27-25)31-16-6-9-20-12-14-28(15-13-20)19-21-7-4-3-5-8-21;/h3-5,7-8,10-11,17-18,20,27H,2,6,9,12-16,19H2,1H3;1H. The van der Waals surface area contributed by atoms with Gasteiger partial charge >= 0.3 is 5.97 Å². The number of aromatic nitrogens is 1. The Morgan fingerprint density at radius 3 is 2.62 bits per heavy atom. The molecule has 1 saturated heterocycles. The molecule has 172 valence electrons. The van der Waals surface area contributed by atoms with Crippen LogP contribution in [0, 0.1) is 5.92 Å². The van der Waals surface area contributed by atoms with Crippen molar-refractivity contribution in [3.8, 4) is 5.75 Å². The van der Waals surface area contributed by atoms with Gasteiger partial charge in [-0.05, 0) is 81.4 Å². The zero-order valence-electron chi connectivity index (χ0n) is 18.7. The van der Waals surface area contributed by atoms with Gasteiger partial charge in [0.2, 0.25) is 0 Å². The summed E-state index contributed by atoms with van der Waals surface area (Å²) in [5, 5.41) is 0.964. The Labute approximate surface area is 196 Å². The van der Waals surface area contributed by atoms with Crippen LogP contribution in [-0.2, 0) is 11.3 Å². The smallest absolute Gasteiger partial charge is 0.354 e. The summed E-state index contributed by atoms with van der Waals surface area (Å²) in [6.45, 7) is 6.34. The molecule has 0 radical (unpaired) electrons. The molecule has 1 N–H and O–H groups in total. The number of H-pyrrole nitrogens is 1. The molecule has 0 aliphatic carbocycles. The summed E-state index contributed by atoms with van der Waals surface area (Å²) in [6.07, 6.45) is 4.85. The fraction of sp³-hybridized carbons (Fsp3) is 0.423. The summed E-state index contributed by atoms with van der Waals surface area (Å²) in [6, 6.07) is 18.5. The normalized spacial score (nSPS) is 14.8. The maximum absolute atomic E-state index is 11.9. The number of esters is 1. The predicted molar refractivity (Wildman–Crippen MR) is 131 cm³/mol. The summed E-state index contributed by atoms with van der Waals surface area (Å²) in [7, 11) is 0. The van der Waals surface area contributed by atoms with Crippen LogP contribution in [-0.4, -0.2) is 42.2 Å². The van der Waals surface area contributed by atoms with Gasteiger partial charge in [0.05, 0.1) is 13.2 Å². The minimum Gasteiger partial charge on any atom is -0.494 e. The average Bonchev–Trinajstić information content (AvgIpc) is 3.22. The molecule has 1 fully saturated rings. The van der Waals surface area contributed by atoms with Crippen molar-refractivity contribution in [1.82, 2.24) is 9.88 Å². The van der Waals surface area contributed by atoms with Crippen LogP contribution < -0.4 is 4.74 Å². The highest BCUT2D eigenvalue weighted by Crippen LogP contribution is 2.25. The second kappa shape index (κ2) is 11.9. The van der Waals surface area contributed by atoms with Crippen molar-refractivity contribution in [3.63, 3.8) is 0 Å². The Balaban J connectivity index is 0.00000289. The summed E-state index contributed by atoms with van der Waals surface area (Å²) >= 11 is 0. The van der Waals surface area contributed by atoms with Gasteiger partial charge in [-0.25, -0.2) is 4.79 Å². The van der Waals surface area contributed by atoms with Gasteiger partial charge in [-0.2, -0.15) is 0 Å². The molecule has 6 heteroatoms. The lowest BCUT2D eigenvalue weighted by Gasteiger charge is -2.32. The Kier molecular flexibility index (Phi) is 9.00. The third kappa shape index (κ3) is 6.50. The van der Waals surface area contributed by atoms with E-state index < -0.39 is 0 Å². The van der Waals surface area contributed by atoms with E-state index >= 15 is 0 Å². The van der Waals surface area contributed by atoms with Gasteiger partial charge in [0.1, 0.15) is 11.4 Å². The number of hydrogen-bond acceptors (Lipinski definition) is 4. The molecule has 5 nitrogen and oxygen atoms in total. The van der Waals surface area contributed by atoms with Crippen LogP contribution in [0.25, 0.3) is 10.9 Å². The van der Waals surface area contributed by atoms with Gasteiger partial charge in [0.25, 0.3) is 0 Å². The van der Waals surface area contributed by atoms with Gasteiger partial charge in [0, 0.05) is 17.4 Å². The minimum absolute atomic E-state index is 0. The number of fused-ring (bicyclic) bond motifs is 1. The highest BCUT2D eigenvalue weighted by atomic mass is 35.5. The molecular formula is C26H33ClN2O3. The number of aromatic amines is 1. The van der Waals surface area contributed by atoms with E-state index in [-0.39, 0.29) is 18.4 Å². The Bertz CT molecular complexity index is 981. The molecule has 1 aliphatic rings. The van der Waals surface area contributed by atoms with E-state index in [1.165, 1.54) is 37.9 Å². The zero-order valence-corrected chi connectivity index (χ0v) is 19.5. The number of halogens is 1. The van der Waals surface area contributed by atoms with Crippen molar-refractivity contribution in [1.29, 1.82) is 0 Å². The van der Waals surface area contributed by atoms with E-state index in [4.69, 9.17) is 9.47 Å². The van der Waals surface area contributed by atoms with Crippen molar-refractivity contribution in [3.05, 3.63) is 65.9 Å². The number of likely N-dealkylation sites (tertiary alicyclic amines) is 1. The molecule has 4 rings (SSSR count). The van der Waals surface area contributed by atoms with Crippen molar-refractivity contribution < 1.29 is 14.3 Å². The molecule has 3 aromatic rings. The van der Waals surface area contributed by atoms with Crippen molar-refractivity contribution >= 4 is 29.3 Å². The van der Waals surface area contributed by atoms with Gasteiger partial charge < -0.3 is 14.5 Å². The molecule has 2 aromatic carbocycles. The van der Waals surface area contributed by atoms with Crippen LogP contribution in [0.2, 0.25) is 0 Å². The Morgan fingerprint density at radius 2 is 1.88 bits per heavy atom. The molecule has 32 heavy (non-hydrogen) atoms. The lowest BCUT2D eigenvalue weighted by molar-refractivity contribution is 0.0520. The first kappa shape index (κ1) is 24.1. The molecule has 1 aliphatic heterocycles. The number of hydrogen-bond donors (Lipinski definition) is 1. The maximum Gasteiger partial charge on any atom is 0.354 e. The number of carbonyl (C=O) groups excluding carboxylic acids is 1. The first-order valence-electron chi connectivity index (χ1n) is 11.4. The van der Waals surface area contributed by atoms with E-state index in [0.29, 0.717) is 12.3 Å². The van der Waals surface area contributed by atoms with Gasteiger partial charge in [-0.3, -0.25) is 4.90 Å². The number of piperidine rings is 1. The quantitative estimate of drug-likeness (QED) is 0.324. The Morgan fingerprint density at radius 1 is 1.09 bits per heavy atom. The van der Waals surface area contributed by atoms with Crippen molar-refractivity contribution in [2.75, 3.05) is 26.3 Å². The zero-order chi connectivity index (χ0) is 21.5. The van der Waals surface area contributed by atoms with Crippen LogP contribution in [0.3, 0.4) is 0 Å². The van der Waals surface area contributed by atoms with Gasteiger partial charge in [-0.1, -0.05) is 30.3 Å². The van der Waals surface area contributed by atoms with Crippen LogP contribution in [0.4, 0.5) is 0 Å². The van der Waals surface area contributed by atoms with Crippen LogP contribution in [0.1, 0.15) is 48.7 Å². The Hall–Kier alpha value is -2.50. The maximum atomic E-state index is 11.9. The average molecular weight is 457 g/mol. The number of ether oxygens (including phenoxy) is 2. The topological polar surface area (TPSA) is 54.6 Å². The lowest BCUT2D eigenvalue weighted by Crippen LogP contribution is -2.33. The van der Waals surface area contributed by atoms with E-state index in [9.17, 15) is 4.79 Å². The fourth-order valence-electron chi connectivity index (χ4n) is 4.36. The lowest BCUT2D eigenvalue weighted by atomic mass is 9.92. The number of carbonyl (C=O) groups is 1. The fourth-order valence-corrected chi connectivity index (χ4v) is 4.36. The first-order chi connectivity index (χ1) is 15.2. The van der Waals surface area contributed by atoms with E-state index in [2.05, 4.69) is 40.2 Å². The summed E-state index contributed by atoms with van der Waals surface area (Å²) < 4.78 is 11.0. The van der Waals surface area contributed by atoms with E-state index in [1.807, 2.05) is 24.3 Å². The van der Waals surface area contributed by atoms with Crippen molar-refractivity contribution in [2.45, 2.75) is 39.2 Å². The monoisotopic (exact) mass is 456 g/mol. The van der Waals surface area contributed by atoms with Crippen LogP contribution in [0.15, 0.2) is 54.6 Å². The second-order valence-corrected chi connectivity index (χ2v) is 8.35. The number of nitrogens with one attached hydrogen (secondary N) is 1. The molecule has 0 atom stereocenters. The molecule has 1 aromatic heterocycles. The third-order valence-corrected chi connectivity index (χ3v) is 6.07. The van der Waals surface area contributed by atoms with Gasteiger partial charge in [-0.15, -0.1) is 12.4 Å². The third-order valence-electron chi connectivity index (χ3n) is 6.07. The number of benzene rings is 2. The number of nitrogens with zero attached hydrogens (tertiary/aromatic N) is 1. The van der Waals surface area contributed by atoms with Gasteiger partial charge in [0.15, 0.2) is 0 Å². The highest BCUT2D eigenvalue weighted by Gasteiger charge is 2.19. The summed E-state index contributed by atoms with van der Waals surface area (Å²) in [5.74, 6) is 1.32. The highest BCUT2D eigenvalue weighted by molar-refractivity contribution is 5.95. The summed E-state index contributed by atoms with van der Waals surface area (Å²) in [4.78, 5) is 17.6. The molecule has 0 saturated carbocycles. The minimum atomic E-state index is -0.323. The van der Waals surface area contributed by atoms with Crippen LogP contribution in [0.5, 0.6) is 5.75 Å². The molecular weight excluding hydrogens is 424 g/mol. The van der Waals surface area contributed by atoms with Crippen molar-refractivity contribution in [2.24, 2.45) is 5.92 Å².